The molecule has 0 aliphatic rings. The molecule has 0 radical (unpaired) electrons. The van der Waals surface area contributed by atoms with E-state index in [0.717, 1.165) is 0 Å². The molecular weight excluding hydrogens is 440 g/mol. The Balaban J connectivity index is 2.85. The van der Waals surface area contributed by atoms with Gasteiger partial charge in [-0.3, -0.25) is 9.59 Å². The van der Waals surface area contributed by atoms with Crippen LogP contribution in [0.25, 0.3) is 0 Å². The molecule has 1 aromatic carbocycles. The largest absolute Gasteiger partial charge is 0.490 e. The number of nitrogens with one attached hydrogen (secondary N) is 1. The third-order valence-corrected chi connectivity index (χ3v) is 5.23. The fraction of sp³-hybridized carbons (Fsp3) is 0.571. The minimum atomic E-state index is -1.04. The van der Waals surface area contributed by atoms with Crippen LogP contribution in [0.5, 0.6) is 11.5 Å². The molecule has 160 valence electrons. The van der Waals surface area contributed by atoms with Crippen LogP contribution in [0, 0.1) is 17.2 Å². The van der Waals surface area contributed by atoms with Gasteiger partial charge in [-0.2, -0.15) is 5.26 Å². The summed E-state index contributed by atoms with van der Waals surface area (Å²) < 4.78 is 17.1. The van der Waals surface area contributed by atoms with E-state index in [1.165, 1.54) is 6.92 Å². The Morgan fingerprint density at radius 3 is 2.21 bits per heavy atom. The number of hydrogen-bond acceptors (Lipinski definition) is 6. The molecule has 0 spiro atoms. The van der Waals surface area contributed by atoms with E-state index in [1.54, 1.807) is 19.1 Å². The standard InChI is InChI=1S/C21H29BrN2O5/c1-7-27-17-9-15(16(22)11-18(17)28-8-2)10-19(25)29-14(5)20(26)24-21(6,12-23)13(3)4/h9,11,13-14H,7-8,10H2,1-6H3,(H,24,26). The highest BCUT2D eigenvalue weighted by molar-refractivity contribution is 9.10. The van der Waals surface area contributed by atoms with E-state index >= 15 is 0 Å². The van der Waals surface area contributed by atoms with E-state index in [0.29, 0.717) is 34.7 Å². The molecule has 29 heavy (non-hydrogen) atoms. The van der Waals surface area contributed by atoms with Crippen LogP contribution in [-0.4, -0.2) is 36.7 Å². The number of carbonyl (C=O) groups is 2. The number of esters is 1. The van der Waals surface area contributed by atoms with Crippen molar-refractivity contribution in [2.75, 3.05) is 13.2 Å². The minimum absolute atomic E-state index is 0.0512. The highest BCUT2D eigenvalue weighted by Gasteiger charge is 2.32. The molecule has 2 unspecified atom stereocenters. The first-order valence-electron chi connectivity index (χ1n) is 9.58. The number of hydrogen-bond donors (Lipinski definition) is 1. The highest BCUT2D eigenvalue weighted by Crippen LogP contribution is 2.34. The van der Waals surface area contributed by atoms with Crippen LogP contribution < -0.4 is 14.8 Å². The van der Waals surface area contributed by atoms with Gasteiger partial charge in [-0.1, -0.05) is 29.8 Å². The van der Waals surface area contributed by atoms with E-state index in [2.05, 4.69) is 27.3 Å². The van der Waals surface area contributed by atoms with Gasteiger partial charge >= 0.3 is 5.97 Å². The molecule has 1 N–H and O–H groups in total. The zero-order chi connectivity index (χ0) is 22.2. The molecule has 1 amide bonds. The average molecular weight is 469 g/mol. The van der Waals surface area contributed by atoms with Crippen molar-refractivity contribution >= 4 is 27.8 Å². The quantitative estimate of drug-likeness (QED) is 0.524. The predicted molar refractivity (Wildman–Crippen MR) is 113 cm³/mol. The molecule has 8 heteroatoms. The van der Waals surface area contributed by atoms with Crippen LogP contribution in [0.1, 0.15) is 47.1 Å². The number of amides is 1. The molecule has 1 rings (SSSR count). The average Bonchev–Trinajstić information content (AvgIpc) is 2.65. The lowest BCUT2D eigenvalue weighted by molar-refractivity contribution is -0.154. The van der Waals surface area contributed by atoms with Gasteiger partial charge in [0.25, 0.3) is 5.91 Å². The lowest BCUT2D eigenvalue weighted by Crippen LogP contribution is -2.52. The number of benzene rings is 1. The molecule has 0 aliphatic carbocycles. The van der Waals surface area contributed by atoms with Gasteiger partial charge in [0.2, 0.25) is 0 Å². The Hall–Kier alpha value is -2.27. The summed E-state index contributed by atoms with van der Waals surface area (Å²) in [7, 11) is 0. The summed E-state index contributed by atoms with van der Waals surface area (Å²) in [5.74, 6) is -0.0698. The summed E-state index contributed by atoms with van der Waals surface area (Å²) >= 11 is 3.43. The zero-order valence-electron chi connectivity index (χ0n) is 17.8. The number of nitrogens with zero attached hydrogens (tertiary/aromatic N) is 1. The Bertz CT molecular complexity index is 775. The van der Waals surface area contributed by atoms with Crippen LogP contribution >= 0.6 is 15.9 Å². The van der Waals surface area contributed by atoms with Crippen molar-refractivity contribution in [3.8, 4) is 17.6 Å². The maximum atomic E-state index is 12.4. The smallest absolute Gasteiger partial charge is 0.311 e. The lowest BCUT2D eigenvalue weighted by Gasteiger charge is -2.28. The lowest BCUT2D eigenvalue weighted by atomic mass is 9.90. The van der Waals surface area contributed by atoms with Crippen molar-refractivity contribution in [3.05, 3.63) is 22.2 Å². The van der Waals surface area contributed by atoms with Crippen molar-refractivity contribution in [2.45, 2.75) is 59.6 Å². The number of halogens is 1. The second-order valence-electron chi connectivity index (χ2n) is 7.02. The zero-order valence-corrected chi connectivity index (χ0v) is 19.4. The summed E-state index contributed by atoms with van der Waals surface area (Å²) in [6.45, 7) is 11.4. The molecule has 7 nitrogen and oxygen atoms in total. The molecule has 0 fully saturated rings. The van der Waals surface area contributed by atoms with Gasteiger partial charge in [-0.25, -0.2) is 0 Å². The monoisotopic (exact) mass is 468 g/mol. The first-order valence-corrected chi connectivity index (χ1v) is 10.4. The summed E-state index contributed by atoms with van der Waals surface area (Å²) in [6, 6.07) is 5.56. The second kappa shape index (κ2) is 11.1. The SMILES string of the molecule is CCOc1cc(Br)c(CC(=O)OC(C)C(=O)NC(C)(C#N)C(C)C)cc1OCC. The first kappa shape index (κ1) is 24.8. The van der Waals surface area contributed by atoms with E-state index < -0.39 is 23.5 Å². The molecule has 0 aromatic heterocycles. The summed E-state index contributed by atoms with van der Waals surface area (Å²) in [5, 5.41) is 12.0. The molecule has 0 saturated carbocycles. The normalized spacial score (nSPS) is 13.8. The van der Waals surface area contributed by atoms with Crippen LogP contribution in [0.2, 0.25) is 0 Å². The number of carbonyl (C=O) groups excluding carboxylic acids is 2. The van der Waals surface area contributed by atoms with Gasteiger partial charge < -0.3 is 19.5 Å². The third-order valence-electron chi connectivity index (χ3n) is 4.49. The highest BCUT2D eigenvalue weighted by atomic mass is 79.9. The van der Waals surface area contributed by atoms with Crippen molar-refractivity contribution in [1.82, 2.24) is 5.32 Å². The van der Waals surface area contributed by atoms with E-state index in [1.807, 2.05) is 27.7 Å². The summed E-state index contributed by atoms with van der Waals surface area (Å²) in [4.78, 5) is 24.7. The Labute approximate surface area is 180 Å². The van der Waals surface area contributed by atoms with Gasteiger partial charge in [0.1, 0.15) is 5.54 Å². The van der Waals surface area contributed by atoms with Crippen LogP contribution in [0.3, 0.4) is 0 Å². The maximum Gasteiger partial charge on any atom is 0.311 e. The molecule has 2 atom stereocenters. The molecular formula is C21H29BrN2O5. The van der Waals surface area contributed by atoms with Crippen LogP contribution in [0.15, 0.2) is 16.6 Å². The van der Waals surface area contributed by atoms with Crippen LogP contribution in [0.4, 0.5) is 0 Å². The maximum absolute atomic E-state index is 12.4. The first-order chi connectivity index (χ1) is 13.6. The summed E-state index contributed by atoms with van der Waals surface area (Å²) in [6.07, 6.45) is -1.08. The molecule has 0 bridgehead atoms. The fourth-order valence-electron chi connectivity index (χ4n) is 2.36. The Morgan fingerprint density at radius 2 is 1.72 bits per heavy atom. The molecule has 0 aliphatic heterocycles. The molecule has 0 saturated heterocycles. The topological polar surface area (TPSA) is 97.6 Å². The van der Waals surface area contributed by atoms with E-state index in [9.17, 15) is 14.9 Å². The van der Waals surface area contributed by atoms with Gasteiger partial charge in [-0.15, -0.1) is 0 Å². The van der Waals surface area contributed by atoms with Gasteiger partial charge in [-0.05, 0) is 51.3 Å². The van der Waals surface area contributed by atoms with Crippen molar-refractivity contribution in [1.29, 1.82) is 5.26 Å². The van der Waals surface area contributed by atoms with E-state index in [-0.39, 0.29) is 12.3 Å². The Kier molecular flexibility index (Phi) is 9.44. The van der Waals surface area contributed by atoms with E-state index in [4.69, 9.17) is 14.2 Å². The van der Waals surface area contributed by atoms with Crippen molar-refractivity contribution in [2.24, 2.45) is 5.92 Å². The third kappa shape index (κ3) is 6.93. The van der Waals surface area contributed by atoms with Gasteiger partial charge in [0.15, 0.2) is 17.6 Å². The van der Waals surface area contributed by atoms with Gasteiger partial charge in [0, 0.05) is 4.47 Å². The number of ether oxygens (including phenoxy) is 3. The van der Waals surface area contributed by atoms with Crippen molar-refractivity contribution < 1.29 is 23.8 Å². The minimum Gasteiger partial charge on any atom is -0.490 e. The van der Waals surface area contributed by atoms with Crippen LogP contribution in [-0.2, 0) is 20.7 Å². The molecule has 1 aromatic rings. The second-order valence-corrected chi connectivity index (χ2v) is 7.88. The van der Waals surface area contributed by atoms with Gasteiger partial charge in [0.05, 0.1) is 25.7 Å². The van der Waals surface area contributed by atoms with Crippen molar-refractivity contribution in [3.63, 3.8) is 0 Å². The fourth-order valence-corrected chi connectivity index (χ4v) is 2.82. The molecule has 0 heterocycles. The predicted octanol–water partition coefficient (Wildman–Crippen LogP) is 3.78. The number of nitriles is 1. The Morgan fingerprint density at radius 1 is 1.17 bits per heavy atom. The summed E-state index contributed by atoms with van der Waals surface area (Å²) in [5.41, 5.74) is -0.388. The number of rotatable bonds is 10.